The highest BCUT2D eigenvalue weighted by atomic mass is 32.2. The molecule has 1 amide bonds. The van der Waals surface area contributed by atoms with Crippen LogP contribution in [0.1, 0.15) is 29.6 Å². The summed E-state index contributed by atoms with van der Waals surface area (Å²) >= 11 is 0. The highest BCUT2D eigenvalue weighted by molar-refractivity contribution is 7.89. The molecule has 1 N–H and O–H groups in total. The molecule has 0 aromatic heterocycles. The van der Waals surface area contributed by atoms with Crippen molar-refractivity contribution in [2.75, 3.05) is 26.2 Å². The summed E-state index contributed by atoms with van der Waals surface area (Å²) in [6.07, 6.45) is 2.74. The zero-order chi connectivity index (χ0) is 19.6. The van der Waals surface area contributed by atoms with Gasteiger partial charge < -0.3 is 10.0 Å². The summed E-state index contributed by atoms with van der Waals surface area (Å²) in [4.78, 5) is 24.9. The second-order valence-corrected chi connectivity index (χ2v) is 8.65. The van der Waals surface area contributed by atoms with Gasteiger partial charge in [-0.3, -0.25) is 4.79 Å². The molecular formula is C18H21FN2O5S. The summed E-state index contributed by atoms with van der Waals surface area (Å²) in [6.45, 7) is 0.880. The van der Waals surface area contributed by atoms with E-state index in [1.54, 1.807) is 0 Å². The molecule has 0 saturated carbocycles. The number of hydrogen-bond donors (Lipinski definition) is 1. The Kier molecular flexibility index (Phi) is 5.61. The van der Waals surface area contributed by atoms with E-state index in [1.807, 2.05) is 0 Å². The van der Waals surface area contributed by atoms with E-state index in [9.17, 15) is 22.4 Å². The molecule has 146 valence electrons. The first-order valence-corrected chi connectivity index (χ1v) is 10.2. The van der Waals surface area contributed by atoms with Crippen molar-refractivity contribution in [3.05, 3.63) is 41.7 Å². The van der Waals surface area contributed by atoms with Gasteiger partial charge >= 0.3 is 5.97 Å². The van der Waals surface area contributed by atoms with Crippen LogP contribution in [0.5, 0.6) is 0 Å². The molecule has 3 rings (SSSR count). The van der Waals surface area contributed by atoms with Gasteiger partial charge in [0, 0.05) is 25.6 Å². The van der Waals surface area contributed by atoms with Crippen LogP contribution in [0.25, 0.3) is 0 Å². The van der Waals surface area contributed by atoms with Crippen LogP contribution in [-0.2, 0) is 14.8 Å². The SMILES string of the molecule is O=C(O)c1ccc(S(=O)(=O)N2CCC(C(=O)N3CCC=C(F)C3)CC2)cc1. The molecule has 2 aliphatic heterocycles. The Balaban J connectivity index is 1.63. The van der Waals surface area contributed by atoms with Gasteiger partial charge in [-0.15, -0.1) is 0 Å². The van der Waals surface area contributed by atoms with Crippen LogP contribution in [0.2, 0.25) is 0 Å². The molecular weight excluding hydrogens is 375 g/mol. The van der Waals surface area contributed by atoms with Gasteiger partial charge in [0.2, 0.25) is 15.9 Å². The maximum Gasteiger partial charge on any atom is 0.335 e. The molecule has 9 heteroatoms. The lowest BCUT2D eigenvalue weighted by molar-refractivity contribution is -0.136. The predicted octanol–water partition coefficient (Wildman–Crippen LogP) is 1.87. The third-order valence-electron chi connectivity index (χ3n) is 4.96. The predicted molar refractivity (Wildman–Crippen MR) is 95.3 cm³/mol. The molecule has 0 unspecified atom stereocenters. The van der Waals surface area contributed by atoms with E-state index >= 15 is 0 Å². The minimum atomic E-state index is -3.74. The second-order valence-electron chi connectivity index (χ2n) is 6.71. The fourth-order valence-electron chi connectivity index (χ4n) is 3.41. The van der Waals surface area contributed by atoms with Gasteiger partial charge in [-0.05, 0) is 49.6 Å². The van der Waals surface area contributed by atoms with Gasteiger partial charge in [0.1, 0.15) is 5.83 Å². The molecule has 1 aromatic rings. The highest BCUT2D eigenvalue weighted by Crippen LogP contribution is 2.26. The zero-order valence-electron chi connectivity index (χ0n) is 14.7. The maximum absolute atomic E-state index is 13.4. The number of nitrogens with zero attached hydrogens (tertiary/aromatic N) is 2. The zero-order valence-corrected chi connectivity index (χ0v) is 15.5. The van der Waals surface area contributed by atoms with E-state index in [0.717, 1.165) is 0 Å². The number of carbonyl (C=O) groups excluding carboxylic acids is 1. The van der Waals surface area contributed by atoms with Gasteiger partial charge in [0.25, 0.3) is 0 Å². The number of carbonyl (C=O) groups is 2. The van der Waals surface area contributed by atoms with Gasteiger partial charge in [-0.2, -0.15) is 4.31 Å². The number of hydrogen-bond acceptors (Lipinski definition) is 4. The average molecular weight is 396 g/mol. The molecule has 0 bridgehead atoms. The number of amides is 1. The van der Waals surface area contributed by atoms with Crippen LogP contribution in [0.15, 0.2) is 41.1 Å². The van der Waals surface area contributed by atoms with Crippen molar-refractivity contribution in [2.45, 2.75) is 24.2 Å². The molecule has 1 fully saturated rings. The van der Waals surface area contributed by atoms with E-state index in [0.29, 0.717) is 25.8 Å². The summed E-state index contributed by atoms with van der Waals surface area (Å²) in [6, 6.07) is 5.06. The van der Waals surface area contributed by atoms with Crippen LogP contribution >= 0.6 is 0 Å². The largest absolute Gasteiger partial charge is 0.478 e. The van der Waals surface area contributed by atoms with Gasteiger partial charge in [0.15, 0.2) is 0 Å². The monoisotopic (exact) mass is 396 g/mol. The van der Waals surface area contributed by atoms with Crippen molar-refractivity contribution in [2.24, 2.45) is 5.92 Å². The fraction of sp³-hybridized carbons (Fsp3) is 0.444. The van der Waals surface area contributed by atoms with Crippen LogP contribution in [0.3, 0.4) is 0 Å². The Bertz CT molecular complexity index is 858. The normalized spacial score (nSPS) is 19.6. The number of halogens is 1. The molecule has 1 aromatic carbocycles. The smallest absolute Gasteiger partial charge is 0.335 e. The molecule has 0 radical (unpaired) electrons. The quantitative estimate of drug-likeness (QED) is 0.838. The van der Waals surface area contributed by atoms with Gasteiger partial charge in [-0.1, -0.05) is 0 Å². The Morgan fingerprint density at radius 2 is 1.70 bits per heavy atom. The first-order valence-electron chi connectivity index (χ1n) is 8.76. The van der Waals surface area contributed by atoms with E-state index in [-0.39, 0.29) is 47.7 Å². The van der Waals surface area contributed by atoms with E-state index < -0.39 is 16.0 Å². The number of piperidine rings is 1. The number of sulfonamides is 1. The third-order valence-corrected chi connectivity index (χ3v) is 6.87. The maximum atomic E-state index is 13.4. The first kappa shape index (κ1) is 19.5. The molecule has 0 atom stereocenters. The van der Waals surface area contributed by atoms with Crippen molar-refractivity contribution < 1.29 is 27.5 Å². The minimum Gasteiger partial charge on any atom is -0.478 e. The fourth-order valence-corrected chi connectivity index (χ4v) is 4.88. The van der Waals surface area contributed by atoms with Crippen molar-refractivity contribution >= 4 is 21.9 Å². The Hall–Kier alpha value is -2.26. The third kappa shape index (κ3) is 4.19. The van der Waals surface area contributed by atoms with Gasteiger partial charge in [-0.25, -0.2) is 17.6 Å². The Labute approximate surface area is 157 Å². The first-order chi connectivity index (χ1) is 12.8. The van der Waals surface area contributed by atoms with Crippen molar-refractivity contribution in [1.82, 2.24) is 9.21 Å². The van der Waals surface area contributed by atoms with Crippen LogP contribution in [0, 0.1) is 5.92 Å². The minimum absolute atomic E-state index is 0.00667. The molecule has 2 aliphatic rings. The topological polar surface area (TPSA) is 95.0 Å². The summed E-state index contributed by atoms with van der Waals surface area (Å²) in [5.74, 6) is -1.86. The molecule has 0 aliphatic carbocycles. The average Bonchev–Trinajstić information content (AvgIpc) is 2.67. The number of aromatic carboxylic acids is 1. The van der Waals surface area contributed by atoms with E-state index in [2.05, 4.69) is 0 Å². The van der Waals surface area contributed by atoms with E-state index in [4.69, 9.17) is 5.11 Å². The summed E-state index contributed by atoms with van der Waals surface area (Å²) in [7, 11) is -3.74. The molecule has 27 heavy (non-hydrogen) atoms. The lowest BCUT2D eigenvalue weighted by atomic mass is 9.96. The van der Waals surface area contributed by atoms with E-state index in [1.165, 1.54) is 39.5 Å². The molecule has 1 saturated heterocycles. The summed E-state index contributed by atoms with van der Waals surface area (Å²) in [5, 5.41) is 8.91. The summed E-state index contributed by atoms with van der Waals surface area (Å²) in [5.41, 5.74) is 0.0149. The Morgan fingerprint density at radius 1 is 1.07 bits per heavy atom. The Morgan fingerprint density at radius 3 is 2.26 bits per heavy atom. The van der Waals surface area contributed by atoms with Crippen LogP contribution in [-0.4, -0.2) is 60.8 Å². The van der Waals surface area contributed by atoms with Crippen LogP contribution < -0.4 is 0 Å². The lowest BCUT2D eigenvalue weighted by Crippen LogP contribution is -2.45. The molecule has 7 nitrogen and oxygen atoms in total. The van der Waals surface area contributed by atoms with Gasteiger partial charge in [0.05, 0.1) is 17.0 Å². The second kappa shape index (κ2) is 7.77. The number of carboxylic acid groups (broad SMARTS) is 1. The van der Waals surface area contributed by atoms with Crippen molar-refractivity contribution in [3.8, 4) is 0 Å². The summed E-state index contributed by atoms with van der Waals surface area (Å²) < 4.78 is 40.1. The molecule has 2 heterocycles. The van der Waals surface area contributed by atoms with Crippen molar-refractivity contribution in [1.29, 1.82) is 0 Å². The molecule has 0 spiro atoms. The standard InChI is InChI=1S/C18H21FN2O5S/c19-15-2-1-9-20(12-15)17(22)13-7-10-21(11-8-13)27(25,26)16-5-3-14(4-6-16)18(23)24/h2-6,13H,1,7-12H2,(H,23,24). The number of carboxylic acids is 1. The van der Waals surface area contributed by atoms with Crippen molar-refractivity contribution in [3.63, 3.8) is 0 Å². The van der Waals surface area contributed by atoms with Crippen LogP contribution in [0.4, 0.5) is 4.39 Å². The lowest BCUT2D eigenvalue weighted by Gasteiger charge is -2.34. The number of rotatable bonds is 4. The highest BCUT2D eigenvalue weighted by Gasteiger charge is 2.34. The number of benzene rings is 1.